The Morgan fingerprint density at radius 2 is 1.81 bits per heavy atom. The zero-order valence-electron chi connectivity index (χ0n) is 11.2. The monoisotopic (exact) mass is 291 g/mol. The van der Waals surface area contributed by atoms with Crippen molar-refractivity contribution in [3.63, 3.8) is 0 Å². The highest BCUT2D eigenvalue weighted by Crippen LogP contribution is 2.30. The molecule has 0 amide bonds. The Kier molecular flexibility index (Phi) is 3.43. The van der Waals surface area contributed by atoms with Crippen LogP contribution < -0.4 is 5.32 Å². The Hall–Kier alpha value is -2.27. The van der Waals surface area contributed by atoms with Crippen LogP contribution in [0.25, 0.3) is 11.0 Å². The van der Waals surface area contributed by atoms with Crippen LogP contribution in [0.3, 0.4) is 0 Å². The first-order valence-electron chi connectivity index (χ1n) is 6.40. The Balaban J connectivity index is 2.13. The number of para-hydroxylation sites is 1. The van der Waals surface area contributed by atoms with E-state index < -0.39 is 23.5 Å². The average molecular weight is 291 g/mol. The molecule has 2 nitrogen and oxygen atoms in total. The van der Waals surface area contributed by atoms with Gasteiger partial charge in [-0.15, -0.1) is 0 Å². The Morgan fingerprint density at radius 1 is 1.00 bits per heavy atom. The van der Waals surface area contributed by atoms with Gasteiger partial charge in [0.1, 0.15) is 17.4 Å². The highest BCUT2D eigenvalue weighted by molar-refractivity contribution is 5.78. The highest BCUT2D eigenvalue weighted by Gasteiger charge is 2.21. The van der Waals surface area contributed by atoms with Crippen molar-refractivity contribution in [2.24, 2.45) is 0 Å². The first kappa shape index (κ1) is 13.7. The summed E-state index contributed by atoms with van der Waals surface area (Å²) in [5, 5.41) is 3.43. The molecule has 108 valence electrons. The first-order valence-corrected chi connectivity index (χ1v) is 6.40. The number of benzene rings is 2. The van der Waals surface area contributed by atoms with Crippen molar-refractivity contribution >= 4 is 11.0 Å². The van der Waals surface area contributed by atoms with E-state index in [0.717, 1.165) is 18.2 Å². The van der Waals surface area contributed by atoms with E-state index in [1.807, 2.05) is 0 Å². The lowest BCUT2D eigenvalue weighted by Gasteiger charge is -2.14. The van der Waals surface area contributed by atoms with Crippen LogP contribution >= 0.6 is 0 Å². The molecule has 21 heavy (non-hydrogen) atoms. The molecule has 1 atom stereocenters. The molecule has 3 rings (SSSR count). The second-order valence-electron chi connectivity index (χ2n) is 4.69. The molecule has 0 saturated carbocycles. The minimum Gasteiger partial charge on any atom is -0.456 e. The zero-order chi connectivity index (χ0) is 15.0. The molecule has 0 fully saturated rings. The Morgan fingerprint density at radius 3 is 2.52 bits per heavy atom. The standard InChI is InChI=1S/C16H12F3NO/c1-20-15(11-8-10(17)5-6-12(11)18)14-7-9-3-2-4-13(19)16(9)21-14/h2-8,15,20H,1H3. The molecule has 1 N–H and O–H groups in total. The van der Waals surface area contributed by atoms with Gasteiger partial charge in [0.15, 0.2) is 11.4 Å². The maximum atomic E-state index is 13.9. The number of halogens is 3. The topological polar surface area (TPSA) is 25.2 Å². The van der Waals surface area contributed by atoms with Gasteiger partial charge in [0, 0.05) is 10.9 Å². The van der Waals surface area contributed by atoms with E-state index >= 15 is 0 Å². The number of hydrogen-bond acceptors (Lipinski definition) is 2. The van der Waals surface area contributed by atoms with Gasteiger partial charge in [0.25, 0.3) is 0 Å². The molecule has 2 aromatic carbocycles. The highest BCUT2D eigenvalue weighted by atomic mass is 19.1. The van der Waals surface area contributed by atoms with Crippen molar-refractivity contribution in [1.82, 2.24) is 5.32 Å². The van der Waals surface area contributed by atoms with Gasteiger partial charge in [-0.1, -0.05) is 12.1 Å². The molecule has 3 aromatic rings. The van der Waals surface area contributed by atoms with Crippen LogP contribution in [-0.4, -0.2) is 7.05 Å². The van der Waals surface area contributed by atoms with Gasteiger partial charge in [-0.2, -0.15) is 0 Å². The second kappa shape index (κ2) is 5.26. The molecule has 0 aliphatic rings. The molecule has 0 saturated heterocycles. The predicted molar refractivity (Wildman–Crippen MR) is 73.4 cm³/mol. The normalized spacial score (nSPS) is 12.8. The van der Waals surface area contributed by atoms with Crippen molar-refractivity contribution in [1.29, 1.82) is 0 Å². The van der Waals surface area contributed by atoms with Crippen molar-refractivity contribution in [3.8, 4) is 0 Å². The third-order valence-electron chi connectivity index (χ3n) is 3.36. The van der Waals surface area contributed by atoms with Crippen LogP contribution in [0.15, 0.2) is 46.9 Å². The Labute approximate surface area is 119 Å². The van der Waals surface area contributed by atoms with E-state index in [-0.39, 0.29) is 11.1 Å². The molecule has 0 radical (unpaired) electrons. The van der Waals surface area contributed by atoms with E-state index in [4.69, 9.17) is 4.42 Å². The first-order chi connectivity index (χ1) is 10.1. The molecular weight excluding hydrogens is 279 g/mol. The molecule has 1 aromatic heterocycles. The number of fused-ring (bicyclic) bond motifs is 1. The SMILES string of the molecule is CNC(c1cc2cccc(F)c2o1)c1cc(F)ccc1F. The third kappa shape index (κ3) is 2.40. The molecule has 5 heteroatoms. The summed E-state index contributed by atoms with van der Waals surface area (Å²) in [6.45, 7) is 0. The minimum atomic E-state index is -0.701. The van der Waals surface area contributed by atoms with Gasteiger partial charge in [0.2, 0.25) is 0 Å². The maximum Gasteiger partial charge on any atom is 0.169 e. The largest absolute Gasteiger partial charge is 0.456 e. The Bertz CT molecular complexity index is 797. The summed E-state index contributed by atoms with van der Waals surface area (Å²) >= 11 is 0. The van der Waals surface area contributed by atoms with Crippen LogP contribution in [0.5, 0.6) is 0 Å². The molecule has 0 aliphatic carbocycles. The molecule has 1 unspecified atom stereocenters. The van der Waals surface area contributed by atoms with Crippen LogP contribution in [0, 0.1) is 17.5 Å². The maximum absolute atomic E-state index is 13.9. The summed E-state index contributed by atoms with van der Waals surface area (Å²) in [6, 6.07) is 8.65. The molecule has 0 spiro atoms. The summed E-state index contributed by atoms with van der Waals surface area (Å²) in [5.74, 6) is -1.28. The van der Waals surface area contributed by atoms with Gasteiger partial charge in [-0.05, 0) is 37.4 Å². The van der Waals surface area contributed by atoms with Gasteiger partial charge in [-0.25, -0.2) is 13.2 Å². The quantitative estimate of drug-likeness (QED) is 0.784. The number of nitrogens with one attached hydrogen (secondary N) is 1. The van der Waals surface area contributed by atoms with Crippen molar-refractivity contribution in [3.05, 3.63) is 71.2 Å². The molecule has 0 aliphatic heterocycles. The van der Waals surface area contributed by atoms with E-state index in [0.29, 0.717) is 11.1 Å². The molecule has 1 heterocycles. The van der Waals surface area contributed by atoms with E-state index in [2.05, 4.69) is 5.32 Å². The summed E-state index contributed by atoms with van der Waals surface area (Å²) in [5.41, 5.74) is 0.210. The summed E-state index contributed by atoms with van der Waals surface area (Å²) in [6.07, 6.45) is 0. The van der Waals surface area contributed by atoms with Crippen LogP contribution in [-0.2, 0) is 0 Å². The second-order valence-corrected chi connectivity index (χ2v) is 4.69. The molecular formula is C16H12F3NO. The average Bonchev–Trinajstić information content (AvgIpc) is 2.89. The van der Waals surface area contributed by atoms with Crippen molar-refractivity contribution in [2.45, 2.75) is 6.04 Å². The fraction of sp³-hybridized carbons (Fsp3) is 0.125. The van der Waals surface area contributed by atoms with E-state index in [1.54, 1.807) is 25.2 Å². The van der Waals surface area contributed by atoms with Gasteiger partial charge >= 0.3 is 0 Å². The van der Waals surface area contributed by atoms with Crippen LogP contribution in [0.4, 0.5) is 13.2 Å². The minimum absolute atomic E-state index is 0.101. The predicted octanol–water partition coefficient (Wildman–Crippen LogP) is 4.16. The lowest BCUT2D eigenvalue weighted by atomic mass is 10.0. The van der Waals surface area contributed by atoms with E-state index in [1.165, 1.54) is 6.07 Å². The van der Waals surface area contributed by atoms with Crippen molar-refractivity contribution < 1.29 is 17.6 Å². The van der Waals surface area contributed by atoms with Gasteiger partial charge in [-0.3, -0.25) is 0 Å². The lowest BCUT2D eigenvalue weighted by molar-refractivity contribution is 0.462. The summed E-state index contributed by atoms with van der Waals surface area (Å²) in [4.78, 5) is 0. The van der Waals surface area contributed by atoms with Crippen LogP contribution in [0.1, 0.15) is 17.4 Å². The molecule has 0 bridgehead atoms. The fourth-order valence-electron chi connectivity index (χ4n) is 2.38. The van der Waals surface area contributed by atoms with Crippen molar-refractivity contribution in [2.75, 3.05) is 7.05 Å². The third-order valence-corrected chi connectivity index (χ3v) is 3.36. The summed E-state index contributed by atoms with van der Waals surface area (Å²) < 4.78 is 46.4. The van der Waals surface area contributed by atoms with Gasteiger partial charge < -0.3 is 9.73 Å². The van der Waals surface area contributed by atoms with Crippen LogP contribution in [0.2, 0.25) is 0 Å². The number of hydrogen-bond donors (Lipinski definition) is 1. The van der Waals surface area contributed by atoms with Gasteiger partial charge in [0.05, 0.1) is 6.04 Å². The lowest BCUT2D eigenvalue weighted by Crippen LogP contribution is -2.18. The smallest absolute Gasteiger partial charge is 0.169 e. The number of rotatable bonds is 3. The van der Waals surface area contributed by atoms with E-state index in [9.17, 15) is 13.2 Å². The summed E-state index contributed by atoms with van der Waals surface area (Å²) in [7, 11) is 1.60. The fourth-order valence-corrected chi connectivity index (χ4v) is 2.38. The number of furan rings is 1. The zero-order valence-corrected chi connectivity index (χ0v) is 11.2.